The summed E-state index contributed by atoms with van der Waals surface area (Å²) in [5.74, 6) is 0.123. The average molecular weight is 347 g/mol. The molecule has 126 valence electrons. The van der Waals surface area contributed by atoms with Crippen molar-refractivity contribution >= 4 is 23.4 Å². The molecule has 3 rings (SSSR count). The number of benzene rings is 1. The van der Waals surface area contributed by atoms with Crippen molar-refractivity contribution < 1.29 is 14.4 Å². The third-order valence-corrected chi connectivity index (χ3v) is 4.78. The number of carbonyl (C=O) groups excluding carboxylic acids is 1. The Balaban J connectivity index is 1.65. The highest BCUT2D eigenvalue weighted by Gasteiger charge is 2.27. The van der Waals surface area contributed by atoms with E-state index in [4.69, 9.17) is 4.84 Å². The van der Waals surface area contributed by atoms with Crippen molar-refractivity contribution in [3.8, 4) is 5.69 Å². The van der Waals surface area contributed by atoms with Gasteiger partial charge in [-0.1, -0.05) is 23.0 Å². The van der Waals surface area contributed by atoms with Crippen LogP contribution in [0.25, 0.3) is 5.69 Å². The van der Waals surface area contributed by atoms with Crippen LogP contribution in [0.3, 0.4) is 0 Å². The van der Waals surface area contributed by atoms with Gasteiger partial charge in [-0.2, -0.15) is 4.68 Å². The van der Waals surface area contributed by atoms with Crippen molar-refractivity contribution in [2.24, 2.45) is 5.16 Å². The number of rotatable bonds is 5. The summed E-state index contributed by atoms with van der Waals surface area (Å²) in [7, 11) is 1.32. The largest absolute Gasteiger partial charge is 0.464 e. The van der Waals surface area contributed by atoms with Crippen LogP contribution < -0.4 is 0 Å². The molecule has 0 amide bonds. The lowest BCUT2D eigenvalue weighted by Gasteiger charge is -2.09. The van der Waals surface area contributed by atoms with E-state index in [2.05, 4.69) is 32.3 Å². The summed E-state index contributed by atoms with van der Waals surface area (Å²) < 4.78 is 6.33. The third-order valence-electron chi connectivity index (χ3n) is 3.73. The van der Waals surface area contributed by atoms with Crippen LogP contribution in [-0.2, 0) is 14.4 Å². The minimum Gasteiger partial charge on any atom is -0.464 e. The molecule has 8 nitrogen and oxygen atoms in total. The predicted octanol–water partition coefficient (Wildman–Crippen LogP) is 1.69. The van der Waals surface area contributed by atoms with Crippen molar-refractivity contribution in [3.63, 3.8) is 0 Å². The Morgan fingerprint density at radius 1 is 1.42 bits per heavy atom. The van der Waals surface area contributed by atoms with Gasteiger partial charge in [-0.15, -0.1) is 5.10 Å². The maximum Gasteiger partial charge on any atom is 0.355 e. The minimum atomic E-state index is -0.456. The summed E-state index contributed by atoms with van der Waals surface area (Å²) in [5.41, 5.74) is 3.60. The van der Waals surface area contributed by atoms with Gasteiger partial charge in [0, 0.05) is 12.2 Å². The summed E-state index contributed by atoms with van der Waals surface area (Å²) >= 11 is 1.45. The summed E-state index contributed by atoms with van der Waals surface area (Å²) in [6.45, 7) is 4.11. The highest BCUT2D eigenvalue weighted by Crippen LogP contribution is 2.24. The molecule has 1 aromatic heterocycles. The second-order valence-electron chi connectivity index (χ2n) is 5.41. The smallest absolute Gasteiger partial charge is 0.355 e. The second kappa shape index (κ2) is 7.00. The molecule has 0 bridgehead atoms. The van der Waals surface area contributed by atoms with E-state index < -0.39 is 5.97 Å². The summed E-state index contributed by atoms with van der Waals surface area (Å²) in [4.78, 5) is 16.7. The number of nitrogens with zero attached hydrogens (tertiary/aromatic N) is 5. The summed E-state index contributed by atoms with van der Waals surface area (Å²) in [6.07, 6.45) is 0.222. The molecule has 2 heterocycles. The molecule has 0 fully saturated rings. The fourth-order valence-corrected chi connectivity index (χ4v) is 3.08. The predicted molar refractivity (Wildman–Crippen MR) is 88.3 cm³/mol. The van der Waals surface area contributed by atoms with Crippen LogP contribution >= 0.6 is 11.8 Å². The molecule has 0 saturated carbocycles. The molecule has 2 aromatic rings. The van der Waals surface area contributed by atoms with E-state index >= 15 is 0 Å². The number of esters is 1. The Bertz CT molecular complexity index is 789. The highest BCUT2D eigenvalue weighted by atomic mass is 32.2. The second-order valence-corrected chi connectivity index (χ2v) is 6.40. The maximum absolute atomic E-state index is 11.4. The number of oxime groups is 1. The number of tetrazole rings is 1. The SMILES string of the molecule is COC(=O)C1=NOC(CSc2nnnn2-c2ccc(C)c(C)c2)C1. The molecule has 0 saturated heterocycles. The fraction of sp³-hybridized carbons (Fsp3) is 0.400. The normalized spacial score (nSPS) is 16.6. The van der Waals surface area contributed by atoms with Crippen LogP contribution in [0.2, 0.25) is 0 Å². The number of hydrogen-bond donors (Lipinski definition) is 0. The molecule has 0 radical (unpaired) electrons. The number of hydrogen-bond acceptors (Lipinski definition) is 8. The number of aryl methyl sites for hydroxylation is 2. The third kappa shape index (κ3) is 3.40. The lowest BCUT2D eigenvalue weighted by molar-refractivity contribution is -0.132. The van der Waals surface area contributed by atoms with Crippen molar-refractivity contribution in [2.75, 3.05) is 12.9 Å². The van der Waals surface area contributed by atoms with Crippen molar-refractivity contribution in [2.45, 2.75) is 31.5 Å². The van der Waals surface area contributed by atoms with Crippen LogP contribution in [-0.4, -0.2) is 50.9 Å². The molecular weight excluding hydrogens is 330 g/mol. The number of methoxy groups -OCH3 is 1. The Hall–Kier alpha value is -2.42. The number of carbonyl (C=O) groups is 1. The quantitative estimate of drug-likeness (QED) is 0.600. The van der Waals surface area contributed by atoms with Crippen molar-refractivity contribution in [1.82, 2.24) is 20.2 Å². The van der Waals surface area contributed by atoms with Gasteiger partial charge in [-0.3, -0.25) is 0 Å². The van der Waals surface area contributed by atoms with Gasteiger partial charge in [0.1, 0.15) is 6.10 Å². The Kier molecular flexibility index (Phi) is 4.79. The van der Waals surface area contributed by atoms with E-state index in [0.717, 1.165) is 5.69 Å². The topological polar surface area (TPSA) is 91.5 Å². The molecule has 0 spiro atoms. The van der Waals surface area contributed by atoms with E-state index in [1.165, 1.54) is 30.0 Å². The average Bonchev–Trinajstić information content (AvgIpc) is 3.23. The van der Waals surface area contributed by atoms with Gasteiger partial charge >= 0.3 is 5.97 Å². The Labute approximate surface area is 143 Å². The molecule has 0 aliphatic carbocycles. The first-order valence-electron chi connectivity index (χ1n) is 7.38. The van der Waals surface area contributed by atoms with Crippen LogP contribution in [0.15, 0.2) is 28.5 Å². The number of aromatic nitrogens is 4. The maximum atomic E-state index is 11.4. The highest BCUT2D eigenvalue weighted by molar-refractivity contribution is 7.99. The van der Waals surface area contributed by atoms with Crippen molar-refractivity contribution in [1.29, 1.82) is 0 Å². The number of ether oxygens (including phenoxy) is 1. The monoisotopic (exact) mass is 347 g/mol. The van der Waals surface area contributed by atoms with Gasteiger partial charge in [0.2, 0.25) is 5.16 Å². The lowest BCUT2D eigenvalue weighted by Crippen LogP contribution is -2.18. The zero-order chi connectivity index (χ0) is 17.1. The van der Waals surface area contributed by atoms with Gasteiger partial charge in [0.15, 0.2) is 5.71 Å². The molecule has 1 aliphatic rings. The van der Waals surface area contributed by atoms with Gasteiger partial charge in [-0.25, -0.2) is 4.79 Å². The zero-order valence-corrected chi connectivity index (χ0v) is 14.4. The van der Waals surface area contributed by atoms with E-state index in [9.17, 15) is 4.79 Å². The standard InChI is InChI=1S/C15H17N5O3S/c1-9-4-5-11(6-10(9)2)20-15(16-18-19-20)24-8-12-7-13(17-23-12)14(21)22-3/h4-6,12H,7-8H2,1-3H3. The molecule has 1 unspecified atom stereocenters. The Morgan fingerprint density at radius 3 is 3.00 bits per heavy atom. The van der Waals surface area contributed by atoms with Gasteiger partial charge in [-0.05, 0) is 47.5 Å². The first-order chi connectivity index (χ1) is 11.6. The van der Waals surface area contributed by atoms with Crippen molar-refractivity contribution in [3.05, 3.63) is 29.3 Å². The van der Waals surface area contributed by atoms with Crippen LogP contribution in [0.1, 0.15) is 17.5 Å². The zero-order valence-electron chi connectivity index (χ0n) is 13.6. The molecule has 24 heavy (non-hydrogen) atoms. The molecule has 0 N–H and O–H groups in total. The van der Waals surface area contributed by atoms with E-state index in [1.54, 1.807) is 4.68 Å². The van der Waals surface area contributed by atoms with E-state index in [-0.39, 0.29) is 6.10 Å². The van der Waals surface area contributed by atoms with Gasteiger partial charge in [0.05, 0.1) is 12.8 Å². The minimum absolute atomic E-state index is 0.200. The fourth-order valence-electron chi connectivity index (χ4n) is 2.21. The first-order valence-corrected chi connectivity index (χ1v) is 8.37. The molecule has 1 aliphatic heterocycles. The van der Waals surface area contributed by atoms with Crippen LogP contribution in [0, 0.1) is 13.8 Å². The molecule has 1 atom stereocenters. The van der Waals surface area contributed by atoms with Gasteiger partial charge in [0.25, 0.3) is 0 Å². The molecular formula is C15H17N5O3S. The van der Waals surface area contributed by atoms with E-state index in [1.807, 2.05) is 25.1 Å². The molecule has 1 aromatic carbocycles. The molecule has 9 heteroatoms. The van der Waals surface area contributed by atoms with Gasteiger partial charge < -0.3 is 9.57 Å². The first kappa shape index (κ1) is 16.4. The lowest BCUT2D eigenvalue weighted by atomic mass is 10.1. The van der Waals surface area contributed by atoms with E-state index in [0.29, 0.717) is 23.0 Å². The Morgan fingerprint density at radius 2 is 2.25 bits per heavy atom. The van der Waals surface area contributed by atoms with Crippen LogP contribution in [0.5, 0.6) is 0 Å². The number of thioether (sulfide) groups is 1. The summed E-state index contributed by atoms with van der Waals surface area (Å²) in [5, 5.41) is 16.3. The summed E-state index contributed by atoms with van der Waals surface area (Å²) in [6, 6.07) is 6.06. The van der Waals surface area contributed by atoms with Crippen LogP contribution in [0.4, 0.5) is 0 Å².